The van der Waals surface area contributed by atoms with Crippen LogP contribution in [0.15, 0.2) is 85.2 Å². The van der Waals surface area contributed by atoms with E-state index in [1.807, 2.05) is 42.6 Å². The van der Waals surface area contributed by atoms with Crippen LogP contribution in [0.5, 0.6) is 0 Å². The lowest BCUT2D eigenvalue weighted by atomic mass is 9.86. The number of aromatic nitrogens is 2. The van der Waals surface area contributed by atoms with Crippen molar-refractivity contribution in [3.05, 3.63) is 113 Å². The summed E-state index contributed by atoms with van der Waals surface area (Å²) in [6.45, 7) is 0.0429. The zero-order valence-electron chi connectivity index (χ0n) is 16.1. The number of imidazole rings is 1. The monoisotopic (exact) mass is 386 g/mol. The number of halogens is 1. The molecule has 0 spiro atoms. The Morgan fingerprint density at radius 3 is 2.28 bits per heavy atom. The van der Waals surface area contributed by atoms with E-state index in [1.54, 1.807) is 6.20 Å². The molecule has 1 unspecified atom stereocenters. The van der Waals surface area contributed by atoms with E-state index in [4.69, 9.17) is 0 Å². The Morgan fingerprint density at radius 2 is 1.59 bits per heavy atom. The summed E-state index contributed by atoms with van der Waals surface area (Å²) in [5.74, 6) is 0.840. The van der Waals surface area contributed by atoms with E-state index in [0.717, 1.165) is 35.4 Å². The summed E-state index contributed by atoms with van der Waals surface area (Å²) in [6.07, 6.45) is 5.24. The zero-order chi connectivity index (χ0) is 20.1. The van der Waals surface area contributed by atoms with Crippen molar-refractivity contribution in [2.75, 3.05) is 0 Å². The summed E-state index contributed by atoms with van der Waals surface area (Å²) >= 11 is 0. The Balaban J connectivity index is 1.61. The lowest BCUT2D eigenvalue weighted by molar-refractivity contribution is 0.282. The van der Waals surface area contributed by atoms with Gasteiger partial charge < -0.3 is 10.1 Å². The van der Waals surface area contributed by atoms with Crippen molar-refractivity contribution in [2.45, 2.75) is 25.4 Å². The summed E-state index contributed by atoms with van der Waals surface area (Å²) in [4.78, 5) is 7.49. The van der Waals surface area contributed by atoms with Gasteiger partial charge in [-0.15, -0.1) is 0 Å². The molecule has 1 atom stereocenters. The second-order valence-electron chi connectivity index (χ2n) is 7.27. The minimum atomic E-state index is -0.223. The third kappa shape index (κ3) is 4.79. The number of nitrogens with one attached hydrogen (secondary N) is 1. The highest BCUT2D eigenvalue weighted by molar-refractivity contribution is 5.56. The molecule has 0 aliphatic carbocycles. The van der Waals surface area contributed by atoms with Crippen LogP contribution in [0, 0.1) is 5.82 Å². The minimum Gasteiger partial charge on any atom is -0.392 e. The molecule has 3 nitrogen and oxygen atoms in total. The maximum Gasteiger partial charge on any atom is 0.137 e. The Kier molecular flexibility index (Phi) is 5.82. The van der Waals surface area contributed by atoms with E-state index in [-0.39, 0.29) is 18.3 Å². The molecule has 1 heterocycles. The van der Waals surface area contributed by atoms with Gasteiger partial charge in [0, 0.05) is 18.0 Å². The van der Waals surface area contributed by atoms with Gasteiger partial charge in [-0.25, -0.2) is 9.37 Å². The molecular formula is C25H23FN2O. The fourth-order valence-corrected chi connectivity index (χ4v) is 3.66. The molecule has 1 aromatic heterocycles. The van der Waals surface area contributed by atoms with Crippen molar-refractivity contribution < 1.29 is 9.50 Å². The number of hydrogen-bond donors (Lipinski definition) is 2. The fraction of sp³-hybridized carbons (Fsp3) is 0.160. The lowest BCUT2D eigenvalue weighted by Gasteiger charge is -2.19. The molecule has 0 aliphatic rings. The summed E-state index contributed by atoms with van der Waals surface area (Å²) in [5.41, 5.74) is 5.47. The fourth-order valence-electron chi connectivity index (χ4n) is 3.66. The average molecular weight is 386 g/mol. The molecule has 3 aromatic carbocycles. The van der Waals surface area contributed by atoms with Gasteiger partial charge in [0.1, 0.15) is 11.6 Å². The molecule has 146 valence electrons. The van der Waals surface area contributed by atoms with Gasteiger partial charge in [0.15, 0.2) is 0 Å². The van der Waals surface area contributed by atoms with Crippen molar-refractivity contribution >= 4 is 0 Å². The first-order chi connectivity index (χ1) is 14.2. The summed E-state index contributed by atoms with van der Waals surface area (Å²) in [6, 6.07) is 23.2. The number of aromatic amines is 1. The molecule has 0 aliphatic heterocycles. The Labute approximate surface area is 169 Å². The predicted molar refractivity (Wildman–Crippen MR) is 113 cm³/mol. The Hall–Kier alpha value is -3.24. The molecule has 0 fully saturated rings. The first-order valence-electron chi connectivity index (χ1n) is 9.74. The predicted octanol–water partition coefficient (Wildman–Crippen LogP) is 5.28. The van der Waals surface area contributed by atoms with Gasteiger partial charge in [0.05, 0.1) is 6.61 Å². The molecule has 0 bridgehead atoms. The smallest absolute Gasteiger partial charge is 0.137 e. The molecular weight excluding hydrogens is 363 g/mol. The van der Waals surface area contributed by atoms with Crippen molar-refractivity contribution in [2.24, 2.45) is 0 Å². The molecule has 0 radical (unpaired) electrons. The van der Waals surface area contributed by atoms with Crippen LogP contribution in [0.25, 0.3) is 11.4 Å². The quantitative estimate of drug-likeness (QED) is 0.454. The normalized spacial score (nSPS) is 12.1. The van der Waals surface area contributed by atoms with Crippen LogP contribution >= 0.6 is 0 Å². The highest BCUT2D eigenvalue weighted by Gasteiger charge is 2.15. The largest absolute Gasteiger partial charge is 0.392 e. The van der Waals surface area contributed by atoms with Crippen LogP contribution in [0.1, 0.15) is 28.2 Å². The second kappa shape index (κ2) is 8.84. The van der Waals surface area contributed by atoms with Gasteiger partial charge in [0.2, 0.25) is 0 Å². The zero-order valence-corrected chi connectivity index (χ0v) is 16.1. The van der Waals surface area contributed by atoms with Crippen molar-refractivity contribution in [3.63, 3.8) is 0 Å². The van der Waals surface area contributed by atoms with Crippen LogP contribution in [0.2, 0.25) is 0 Å². The van der Waals surface area contributed by atoms with Gasteiger partial charge in [-0.2, -0.15) is 0 Å². The van der Waals surface area contributed by atoms with Gasteiger partial charge >= 0.3 is 0 Å². The van der Waals surface area contributed by atoms with E-state index < -0.39 is 0 Å². The van der Waals surface area contributed by atoms with E-state index >= 15 is 0 Å². The third-order valence-electron chi connectivity index (χ3n) is 5.21. The Morgan fingerprint density at radius 1 is 0.862 bits per heavy atom. The summed E-state index contributed by atoms with van der Waals surface area (Å²) < 4.78 is 13.5. The van der Waals surface area contributed by atoms with E-state index in [2.05, 4.69) is 34.2 Å². The van der Waals surface area contributed by atoms with Crippen LogP contribution in [-0.4, -0.2) is 15.1 Å². The molecule has 29 heavy (non-hydrogen) atoms. The summed E-state index contributed by atoms with van der Waals surface area (Å²) in [7, 11) is 0. The SMILES string of the molecule is OCc1ccc(CC(Cc2cccc(-c3ncc[nH]3)c2)c2ccc(F)cc2)cc1. The van der Waals surface area contributed by atoms with Gasteiger partial charge in [-0.1, -0.05) is 54.6 Å². The molecule has 0 saturated carbocycles. The summed E-state index contributed by atoms with van der Waals surface area (Å²) in [5, 5.41) is 9.27. The average Bonchev–Trinajstić information content (AvgIpc) is 3.30. The standard InChI is InChI=1S/C25H23FN2O/c26-24-10-8-21(9-11-24)23(14-18-4-6-19(17-29)7-5-18)16-20-2-1-3-22(15-20)25-27-12-13-28-25/h1-13,15,23,29H,14,16-17H2,(H,27,28). The van der Waals surface area contributed by atoms with Gasteiger partial charge in [-0.3, -0.25) is 0 Å². The number of nitrogens with zero attached hydrogens (tertiary/aromatic N) is 1. The van der Waals surface area contributed by atoms with Crippen LogP contribution in [-0.2, 0) is 19.4 Å². The Bertz CT molecular complexity index is 1040. The molecule has 4 heteroatoms. The van der Waals surface area contributed by atoms with Crippen molar-refractivity contribution in [1.82, 2.24) is 9.97 Å². The highest BCUT2D eigenvalue weighted by Crippen LogP contribution is 2.27. The third-order valence-corrected chi connectivity index (χ3v) is 5.21. The topological polar surface area (TPSA) is 48.9 Å². The molecule has 4 aromatic rings. The van der Waals surface area contributed by atoms with E-state index in [9.17, 15) is 9.50 Å². The number of benzene rings is 3. The molecule has 4 rings (SSSR count). The van der Waals surface area contributed by atoms with Crippen LogP contribution in [0.3, 0.4) is 0 Å². The second-order valence-corrected chi connectivity index (χ2v) is 7.27. The molecule has 0 saturated heterocycles. The highest BCUT2D eigenvalue weighted by atomic mass is 19.1. The number of aliphatic hydroxyl groups excluding tert-OH is 1. The number of hydrogen-bond acceptors (Lipinski definition) is 2. The lowest BCUT2D eigenvalue weighted by Crippen LogP contribution is -2.07. The maximum absolute atomic E-state index is 13.5. The molecule has 2 N–H and O–H groups in total. The number of H-pyrrole nitrogens is 1. The van der Waals surface area contributed by atoms with Crippen LogP contribution < -0.4 is 0 Å². The van der Waals surface area contributed by atoms with Crippen molar-refractivity contribution in [1.29, 1.82) is 0 Å². The van der Waals surface area contributed by atoms with E-state index in [0.29, 0.717) is 0 Å². The van der Waals surface area contributed by atoms with Gasteiger partial charge in [-0.05, 0) is 59.2 Å². The minimum absolute atomic E-state index is 0.0429. The first kappa shape index (κ1) is 19.1. The van der Waals surface area contributed by atoms with Crippen LogP contribution in [0.4, 0.5) is 4.39 Å². The first-order valence-corrected chi connectivity index (χ1v) is 9.74. The molecule has 0 amide bonds. The van der Waals surface area contributed by atoms with E-state index in [1.165, 1.54) is 23.3 Å². The number of aliphatic hydroxyl groups is 1. The number of rotatable bonds is 7. The van der Waals surface area contributed by atoms with Gasteiger partial charge in [0.25, 0.3) is 0 Å². The maximum atomic E-state index is 13.5. The van der Waals surface area contributed by atoms with Crippen molar-refractivity contribution in [3.8, 4) is 11.4 Å².